The van der Waals surface area contributed by atoms with Crippen LogP contribution in [0, 0.1) is 0 Å². The van der Waals surface area contributed by atoms with Gasteiger partial charge in [-0.2, -0.15) is 0 Å². The highest BCUT2D eigenvalue weighted by atomic mass is 32.1. The van der Waals surface area contributed by atoms with Crippen molar-refractivity contribution >= 4 is 23.1 Å². The average Bonchev–Trinajstić information content (AvgIpc) is 3.64. The number of rotatable bonds is 8. The van der Waals surface area contributed by atoms with E-state index in [1.807, 2.05) is 24.4 Å². The number of dihydropyridines is 1. The first-order valence-electron chi connectivity index (χ1n) is 12.8. The van der Waals surface area contributed by atoms with Crippen LogP contribution in [0.5, 0.6) is 17.2 Å². The van der Waals surface area contributed by atoms with Crippen LogP contribution in [0.25, 0.3) is 0 Å². The van der Waals surface area contributed by atoms with Crippen molar-refractivity contribution in [2.45, 2.75) is 50.5 Å². The predicted octanol–water partition coefficient (Wildman–Crippen LogP) is 4.86. The van der Waals surface area contributed by atoms with Gasteiger partial charge in [-0.25, -0.2) is 4.79 Å². The van der Waals surface area contributed by atoms with E-state index in [-0.39, 0.29) is 24.4 Å². The molecule has 9 heteroatoms. The summed E-state index contributed by atoms with van der Waals surface area (Å²) < 4.78 is 28.4. The van der Waals surface area contributed by atoms with Crippen molar-refractivity contribution in [1.82, 2.24) is 5.32 Å². The lowest BCUT2D eigenvalue weighted by Gasteiger charge is -2.37. The van der Waals surface area contributed by atoms with Crippen LogP contribution in [0.4, 0.5) is 0 Å². The van der Waals surface area contributed by atoms with Crippen LogP contribution in [0.15, 0.2) is 52.2 Å². The van der Waals surface area contributed by atoms with E-state index >= 15 is 0 Å². The lowest BCUT2D eigenvalue weighted by atomic mass is 9.72. The van der Waals surface area contributed by atoms with Crippen LogP contribution in [0.3, 0.4) is 0 Å². The van der Waals surface area contributed by atoms with E-state index in [0.717, 1.165) is 18.5 Å². The summed E-state index contributed by atoms with van der Waals surface area (Å²) in [5.74, 6) is 0.223. The van der Waals surface area contributed by atoms with E-state index in [0.29, 0.717) is 59.1 Å². The summed E-state index contributed by atoms with van der Waals surface area (Å²) in [6.45, 7) is 2.70. The maximum absolute atomic E-state index is 13.9. The highest BCUT2D eigenvalue weighted by Gasteiger charge is 2.43. The molecule has 1 N–H and O–H groups in total. The van der Waals surface area contributed by atoms with Crippen LogP contribution in [0.1, 0.15) is 54.9 Å². The molecule has 1 aromatic carbocycles. The molecule has 1 saturated heterocycles. The second kappa shape index (κ2) is 11.2. The number of Topliss-reactive ketones (excluding diaryl/α,β-unsaturated/α-hetero) is 1. The number of methoxy groups -OCH3 is 3. The average molecular weight is 540 g/mol. The number of allylic oxidation sites excluding steroid dienone is 3. The molecule has 0 amide bonds. The molecule has 2 aliphatic heterocycles. The number of hydrogen-bond donors (Lipinski definition) is 1. The molecule has 1 fully saturated rings. The summed E-state index contributed by atoms with van der Waals surface area (Å²) in [4.78, 5) is 28.7. The third-order valence-electron chi connectivity index (χ3n) is 7.46. The zero-order valence-electron chi connectivity index (χ0n) is 22.1. The fourth-order valence-electron chi connectivity index (χ4n) is 5.72. The standard InChI is InChI=1S/C29H33NO7S/c1-16-24(29(32)37-15-18-7-5-11-36-18)25(19-9-10-22(33-2)28(35-4)27(19)34-3)26-20(30-16)13-17(14-21(26)31)23-8-6-12-38-23/h6,8-10,12,17-18,25,30H,5,7,11,13-15H2,1-4H3/t17-,18+,25-/m1/s1. The van der Waals surface area contributed by atoms with Crippen molar-refractivity contribution in [2.75, 3.05) is 34.5 Å². The molecule has 0 unspecified atom stereocenters. The van der Waals surface area contributed by atoms with Crippen LogP contribution in [0.2, 0.25) is 0 Å². The molecule has 8 nitrogen and oxygen atoms in total. The van der Waals surface area contributed by atoms with Crippen molar-refractivity contribution in [2.24, 2.45) is 0 Å². The van der Waals surface area contributed by atoms with Crippen LogP contribution >= 0.6 is 11.3 Å². The molecule has 1 aliphatic carbocycles. The fraction of sp³-hybridized carbons (Fsp3) is 0.448. The van der Waals surface area contributed by atoms with Crippen molar-refractivity contribution in [3.05, 3.63) is 62.6 Å². The first kappa shape index (κ1) is 26.3. The molecular weight excluding hydrogens is 506 g/mol. The van der Waals surface area contributed by atoms with Gasteiger partial charge in [0.25, 0.3) is 0 Å². The molecule has 2 aromatic rings. The first-order valence-corrected chi connectivity index (χ1v) is 13.7. The molecule has 0 radical (unpaired) electrons. The number of thiophene rings is 1. The second-order valence-corrected chi connectivity index (χ2v) is 10.7. The Morgan fingerprint density at radius 2 is 1.92 bits per heavy atom. The SMILES string of the molecule is COc1ccc([C@@H]2C(C(=O)OC[C@@H]3CCCO3)=C(C)NC3=C2C(=O)C[C@H](c2cccs2)C3)c(OC)c1OC. The lowest BCUT2D eigenvalue weighted by molar-refractivity contribution is -0.142. The normalized spacial score (nSPS) is 23.2. The van der Waals surface area contributed by atoms with E-state index in [1.165, 1.54) is 12.0 Å². The zero-order valence-corrected chi connectivity index (χ0v) is 22.9. The Hall–Kier alpha value is -3.30. The molecule has 5 rings (SSSR count). The van der Waals surface area contributed by atoms with Gasteiger partial charge in [-0.3, -0.25) is 4.79 Å². The van der Waals surface area contributed by atoms with Gasteiger partial charge in [-0.15, -0.1) is 11.3 Å². The van der Waals surface area contributed by atoms with Crippen molar-refractivity contribution in [3.63, 3.8) is 0 Å². The van der Waals surface area contributed by atoms with Gasteiger partial charge in [0.1, 0.15) is 6.61 Å². The summed E-state index contributed by atoms with van der Waals surface area (Å²) in [7, 11) is 4.63. The van der Waals surface area contributed by atoms with E-state index in [2.05, 4.69) is 11.4 Å². The van der Waals surface area contributed by atoms with Gasteiger partial charge >= 0.3 is 5.97 Å². The largest absolute Gasteiger partial charge is 0.493 e. The van der Waals surface area contributed by atoms with Crippen LogP contribution in [-0.2, 0) is 19.1 Å². The highest BCUT2D eigenvalue weighted by molar-refractivity contribution is 7.10. The minimum atomic E-state index is -0.685. The molecule has 1 aromatic heterocycles. The third-order valence-corrected chi connectivity index (χ3v) is 8.50. The zero-order chi connectivity index (χ0) is 26.8. The Morgan fingerprint density at radius 3 is 2.58 bits per heavy atom. The van der Waals surface area contributed by atoms with Gasteiger partial charge in [-0.1, -0.05) is 12.1 Å². The number of hydrogen-bond acceptors (Lipinski definition) is 9. The molecular formula is C29H33NO7S. The van der Waals surface area contributed by atoms with E-state index in [4.69, 9.17) is 23.7 Å². The minimum absolute atomic E-state index is 0.00378. The van der Waals surface area contributed by atoms with Gasteiger partial charge in [-0.05, 0) is 43.7 Å². The van der Waals surface area contributed by atoms with E-state index in [9.17, 15) is 9.59 Å². The Bertz CT molecular complexity index is 1270. The van der Waals surface area contributed by atoms with Crippen molar-refractivity contribution in [3.8, 4) is 17.2 Å². The Labute approximate surface area is 226 Å². The maximum Gasteiger partial charge on any atom is 0.336 e. The van der Waals surface area contributed by atoms with Crippen molar-refractivity contribution in [1.29, 1.82) is 0 Å². The molecule has 3 heterocycles. The molecule has 3 atom stereocenters. The number of ketones is 1. The Balaban J connectivity index is 1.60. The van der Waals surface area contributed by atoms with Gasteiger partial charge in [0, 0.05) is 46.4 Å². The van der Waals surface area contributed by atoms with Gasteiger partial charge in [0.15, 0.2) is 17.3 Å². The number of esters is 1. The number of nitrogens with one attached hydrogen (secondary N) is 1. The summed E-state index contributed by atoms with van der Waals surface area (Å²) in [5.41, 5.74) is 3.08. The maximum atomic E-state index is 13.9. The monoisotopic (exact) mass is 539 g/mol. The smallest absolute Gasteiger partial charge is 0.336 e. The third kappa shape index (κ3) is 4.80. The number of ether oxygens (including phenoxy) is 5. The number of carbonyl (C=O) groups excluding carboxylic acids is 2. The minimum Gasteiger partial charge on any atom is -0.493 e. The number of benzene rings is 1. The number of carbonyl (C=O) groups is 2. The highest BCUT2D eigenvalue weighted by Crippen LogP contribution is 2.51. The Morgan fingerprint density at radius 1 is 1.11 bits per heavy atom. The Kier molecular flexibility index (Phi) is 7.76. The molecule has 38 heavy (non-hydrogen) atoms. The van der Waals surface area contributed by atoms with E-state index in [1.54, 1.807) is 31.6 Å². The topological polar surface area (TPSA) is 92.3 Å². The van der Waals surface area contributed by atoms with Gasteiger partial charge < -0.3 is 29.0 Å². The molecule has 0 spiro atoms. The van der Waals surface area contributed by atoms with Gasteiger partial charge in [0.2, 0.25) is 5.75 Å². The summed E-state index contributed by atoms with van der Waals surface area (Å²) in [5, 5.41) is 5.43. The fourth-order valence-corrected chi connectivity index (χ4v) is 6.55. The summed E-state index contributed by atoms with van der Waals surface area (Å²) in [6, 6.07) is 7.68. The van der Waals surface area contributed by atoms with E-state index < -0.39 is 11.9 Å². The van der Waals surface area contributed by atoms with Crippen molar-refractivity contribution < 1.29 is 33.3 Å². The second-order valence-electron chi connectivity index (χ2n) is 9.69. The first-order chi connectivity index (χ1) is 18.5. The lowest BCUT2D eigenvalue weighted by Crippen LogP contribution is -2.36. The summed E-state index contributed by atoms with van der Waals surface area (Å²) in [6.07, 6.45) is 2.73. The van der Waals surface area contributed by atoms with Crippen LogP contribution in [-0.4, -0.2) is 52.4 Å². The van der Waals surface area contributed by atoms with Crippen LogP contribution < -0.4 is 19.5 Å². The molecule has 0 saturated carbocycles. The molecule has 3 aliphatic rings. The summed E-state index contributed by atoms with van der Waals surface area (Å²) >= 11 is 1.66. The predicted molar refractivity (Wildman–Crippen MR) is 143 cm³/mol. The van der Waals surface area contributed by atoms with Gasteiger partial charge in [0.05, 0.1) is 38.9 Å². The quantitative estimate of drug-likeness (QED) is 0.476. The molecule has 202 valence electrons. The molecule has 0 bridgehead atoms.